The van der Waals surface area contributed by atoms with E-state index in [1.807, 2.05) is 74.5 Å². The standard InChI is InChI=1S/C23H23Cl2NO2/c1-3-27-23-12-17(14-26-19-10-8-16(2)21(25)13-19)9-11-22(23)28-15-18-6-4-5-7-20(18)24/h4-13,26H,3,14-15H2,1-2H3. The summed E-state index contributed by atoms with van der Waals surface area (Å²) in [7, 11) is 0. The molecule has 0 bridgehead atoms. The van der Waals surface area contributed by atoms with Crippen LogP contribution in [-0.2, 0) is 13.2 Å². The number of benzene rings is 3. The van der Waals surface area contributed by atoms with Gasteiger partial charge in [0.05, 0.1) is 6.61 Å². The van der Waals surface area contributed by atoms with Gasteiger partial charge in [0, 0.05) is 27.8 Å². The molecule has 146 valence electrons. The highest BCUT2D eigenvalue weighted by Gasteiger charge is 2.09. The van der Waals surface area contributed by atoms with Crippen molar-refractivity contribution >= 4 is 28.9 Å². The second-order valence-corrected chi connectivity index (χ2v) is 7.23. The van der Waals surface area contributed by atoms with Gasteiger partial charge in [-0.05, 0) is 55.3 Å². The van der Waals surface area contributed by atoms with Gasteiger partial charge in [0.1, 0.15) is 6.61 Å². The molecule has 0 saturated carbocycles. The summed E-state index contributed by atoms with van der Waals surface area (Å²) in [6, 6.07) is 19.6. The van der Waals surface area contributed by atoms with Crippen molar-refractivity contribution < 1.29 is 9.47 Å². The van der Waals surface area contributed by atoms with Crippen LogP contribution in [-0.4, -0.2) is 6.61 Å². The minimum absolute atomic E-state index is 0.388. The van der Waals surface area contributed by atoms with Gasteiger partial charge in [-0.2, -0.15) is 0 Å². The van der Waals surface area contributed by atoms with Crippen molar-refractivity contribution in [3.05, 3.63) is 87.4 Å². The topological polar surface area (TPSA) is 30.5 Å². The Morgan fingerprint density at radius 1 is 0.857 bits per heavy atom. The maximum Gasteiger partial charge on any atom is 0.161 e. The molecule has 0 heterocycles. The fourth-order valence-electron chi connectivity index (χ4n) is 2.73. The molecule has 0 atom stereocenters. The molecule has 3 nitrogen and oxygen atoms in total. The number of hydrogen-bond donors (Lipinski definition) is 1. The Hall–Kier alpha value is -2.36. The van der Waals surface area contributed by atoms with Crippen LogP contribution in [0.25, 0.3) is 0 Å². The number of hydrogen-bond acceptors (Lipinski definition) is 3. The number of ether oxygens (including phenoxy) is 2. The summed E-state index contributed by atoms with van der Waals surface area (Å²) >= 11 is 12.4. The molecule has 0 saturated heterocycles. The molecule has 0 unspecified atom stereocenters. The van der Waals surface area contributed by atoms with Gasteiger partial charge < -0.3 is 14.8 Å². The molecule has 0 aliphatic carbocycles. The maximum atomic E-state index is 6.21. The number of halogens is 2. The zero-order valence-electron chi connectivity index (χ0n) is 16.0. The van der Waals surface area contributed by atoms with E-state index in [4.69, 9.17) is 32.7 Å². The lowest BCUT2D eigenvalue weighted by Crippen LogP contribution is -2.03. The van der Waals surface area contributed by atoms with Crippen LogP contribution in [0.15, 0.2) is 60.7 Å². The Morgan fingerprint density at radius 2 is 1.68 bits per heavy atom. The highest BCUT2D eigenvalue weighted by atomic mass is 35.5. The summed E-state index contributed by atoms with van der Waals surface area (Å²) < 4.78 is 11.7. The quantitative estimate of drug-likeness (QED) is 0.434. The second kappa shape index (κ2) is 9.72. The van der Waals surface area contributed by atoms with Crippen molar-refractivity contribution in [2.45, 2.75) is 27.0 Å². The van der Waals surface area contributed by atoms with Crippen molar-refractivity contribution in [2.75, 3.05) is 11.9 Å². The van der Waals surface area contributed by atoms with E-state index in [1.165, 1.54) is 0 Å². The van der Waals surface area contributed by atoms with Crippen LogP contribution in [0, 0.1) is 6.92 Å². The van der Waals surface area contributed by atoms with E-state index in [0.29, 0.717) is 30.5 Å². The van der Waals surface area contributed by atoms with Gasteiger partial charge in [-0.1, -0.05) is 53.5 Å². The number of aryl methyl sites for hydroxylation is 1. The van der Waals surface area contributed by atoms with Crippen LogP contribution in [0.3, 0.4) is 0 Å². The molecule has 3 aromatic carbocycles. The smallest absolute Gasteiger partial charge is 0.161 e. The van der Waals surface area contributed by atoms with Gasteiger partial charge in [-0.25, -0.2) is 0 Å². The third-order valence-corrected chi connectivity index (χ3v) is 5.09. The molecule has 0 spiro atoms. The lowest BCUT2D eigenvalue weighted by atomic mass is 10.1. The average Bonchev–Trinajstić information content (AvgIpc) is 2.69. The first-order valence-corrected chi connectivity index (χ1v) is 9.94. The first-order chi connectivity index (χ1) is 13.6. The summed E-state index contributed by atoms with van der Waals surface area (Å²) in [6.45, 7) is 5.55. The third-order valence-electron chi connectivity index (χ3n) is 4.32. The summed E-state index contributed by atoms with van der Waals surface area (Å²) in [5.41, 5.74) is 4.07. The number of nitrogens with one attached hydrogen (secondary N) is 1. The van der Waals surface area contributed by atoms with Gasteiger partial charge in [0.2, 0.25) is 0 Å². The Labute approximate surface area is 176 Å². The van der Waals surface area contributed by atoms with Crippen LogP contribution in [0.4, 0.5) is 5.69 Å². The normalized spacial score (nSPS) is 10.6. The van der Waals surface area contributed by atoms with E-state index >= 15 is 0 Å². The fraction of sp³-hybridized carbons (Fsp3) is 0.217. The van der Waals surface area contributed by atoms with Gasteiger partial charge in [0.25, 0.3) is 0 Å². The third kappa shape index (κ3) is 5.34. The molecule has 0 aromatic heterocycles. The molecule has 0 aliphatic rings. The summed E-state index contributed by atoms with van der Waals surface area (Å²) in [5.74, 6) is 1.42. The molecular weight excluding hydrogens is 393 g/mol. The van der Waals surface area contributed by atoms with Crippen molar-refractivity contribution in [2.24, 2.45) is 0 Å². The Balaban J connectivity index is 1.69. The fourth-order valence-corrected chi connectivity index (χ4v) is 3.10. The number of rotatable bonds is 8. The van der Waals surface area contributed by atoms with Crippen LogP contribution in [0.5, 0.6) is 11.5 Å². The van der Waals surface area contributed by atoms with Gasteiger partial charge in [-0.3, -0.25) is 0 Å². The minimum Gasteiger partial charge on any atom is -0.490 e. The SMILES string of the molecule is CCOc1cc(CNc2ccc(C)c(Cl)c2)ccc1OCc1ccccc1Cl. The molecular formula is C23H23Cl2NO2. The van der Waals surface area contributed by atoms with Crippen LogP contribution in [0.2, 0.25) is 10.0 Å². The molecule has 3 rings (SSSR count). The van der Waals surface area contributed by atoms with Crippen LogP contribution >= 0.6 is 23.2 Å². The van der Waals surface area contributed by atoms with Crippen molar-refractivity contribution in [3.8, 4) is 11.5 Å². The van der Waals surface area contributed by atoms with Crippen molar-refractivity contribution in [3.63, 3.8) is 0 Å². The van der Waals surface area contributed by atoms with E-state index in [9.17, 15) is 0 Å². The zero-order valence-corrected chi connectivity index (χ0v) is 17.5. The maximum absolute atomic E-state index is 6.21. The van der Waals surface area contributed by atoms with E-state index in [1.54, 1.807) is 0 Å². The zero-order chi connectivity index (χ0) is 19.9. The lowest BCUT2D eigenvalue weighted by Gasteiger charge is -2.15. The molecule has 0 fully saturated rings. The monoisotopic (exact) mass is 415 g/mol. The Bertz CT molecular complexity index is 944. The summed E-state index contributed by atoms with van der Waals surface area (Å²) in [6.07, 6.45) is 0. The molecule has 3 aromatic rings. The molecule has 28 heavy (non-hydrogen) atoms. The van der Waals surface area contributed by atoms with Crippen LogP contribution in [0.1, 0.15) is 23.6 Å². The second-order valence-electron chi connectivity index (χ2n) is 6.41. The van der Waals surface area contributed by atoms with Crippen LogP contribution < -0.4 is 14.8 Å². The summed E-state index contributed by atoms with van der Waals surface area (Å²) in [4.78, 5) is 0. The predicted octanol–water partition coefficient (Wildman–Crippen LogP) is 6.89. The van der Waals surface area contributed by atoms with Gasteiger partial charge >= 0.3 is 0 Å². The largest absolute Gasteiger partial charge is 0.490 e. The average molecular weight is 416 g/mol. The highest BCUT2D eigenvalue weighted by molar-refractivity contribution is 6.31. The first kappa shape index (κ1) is 20.4. The van der Waals surface area contributed by atoms with Gasteiger partial charge in [-0.15, -0.1) is 0 Å². The van der Waals surface area contributed by atoms with E-state index in [0.717, 1.165) is 33.1 Å². The predicted molar refractivity (Wildman–Crippen MR) is 117 cm³/mol. The number of anilines is 1. The lowest BCUT2D eigenvalue weighted by molar-refractivity contribution is 0.269. The summed E-state index contributed by atoms with van der Waals surface area (Å²) in [5, 5.41) is 4.83. The van der Waals surface area contributed by atoms with E-state index in [2.05, 4.69) is 5.32 Å². The molecule has 0 amide bonds. The Kier molecular flexibility index (Phi) is 7.07. The van der Waals surface area contributed by atoms with E-state index < -0.39 is 0 Å². The Morgan fingerprint density at radius 3 is 2.43 bits per heavy atom. The van der Waals surface area contributed by atoms with Crippen molar-refractivity contribution in [1.82, 2.24) is 0 Å². The minimum atomic E-state index is 0.388. The molecule has 1 N–H and O–H groups in total. The first-order valence-electron chi connectivity index (χ1n) is 9.18. The van der Waals surface area contributed by atoms with Crippen molar-refractivity contribution in [1.29, 1.82) is 0 Å². The van der Waals surface area contributed by atoms with E-state index in [-0.39, 0.29) is 0 Å². The van der Waals surface area contributed by atoms with Gasteiger partial charge in [0.15, 0.2) is 11.5 Å². The molecule has 0 aliphatic heterocycles. The molecule has 0 radical (unpaired) electrons. The highest BCUT2D eigenvalue weighted by Crippen LogP contribution is 2.30. The molecule has 5 heteroatoms.